The highest BCUT2D eigenvalue weighted by atomic mass is 16.2. The maximum atomic E-state index is 12.4. The van der Waals surface area contributed by atoms with Gasteiger partial charge in [-0.3, -0.25) is 4.79 Å². The Morgan fingerprint density at radius 2 is 1.77 bits per heavy atom. The number of carbonyl (C=O) groups excluding carboxylic acids is 1. The number of aromatic nitrogens is 2. The summed E-state index contributed by atoms with van der Waals surface area (Å²) in [6, 6.07) is 9.72. The van der Waals surface area contributed by atoms with Crippen molar-refractivity contribution in [1.29, 1.82) is 0 Å². The molecule has 1 saturated heterocycles. The molecule has 0 radical (unpaired) electrons. The molecule has 1 aromatic heterocycles. The normalized spacial score (nSPS) is 15.6. The second-order valence-electron chi connectivity index (χ2n) is 5.76. The minimum atomic E-state index is 0.0261. The molecule has 3 rings (SSSR count). The largest absolute Gasteiger partial charge is 0.339 e. The first-order chi connectivity index (χ1) is 10.7. The van der Waals surface area contributed by atoms with Crippen molar-refractivity contribution in [2.75, 3.05) is 18.4 Å². The van der Waals surface area contributed by atoms with E-state index in [1.165, 1.54) is 0 Å². The Kier molecular flexibility index (Phi) is 4.32. The predicted octanol–water partition coefficient (Wildman–Crippen LogP) is 3.09. The highest BCUT2D eigenvalue weighted by molar-refractivity contribution is 5.93. The Balaban J connectivity index is 1.65. The number of amides is 1. The van der Waals surface area contributed by atoms with Gasteiger partial charge in [-0.15, -0.1) is 0 Å². The number of nitrogens with one attached hydrogen (secondary N) is 1. The van der Waals surface area contributed by atoms with Crippen LogP contribution in [0, 0.1) is 5.92 Å². The van der Waals surface area contributed by atoms with Gasteiger partial charge in [0.2, 0.25) is 5.95 Å². The van der Waals surface area contributed by atoms with Crippen molar-refractivity contribution in [2.45, 2.75) is 19.8 Å². The first kappa shape index (κ1) is 14.5. The number of hydrogen-bond donors (Lipinski definition) is 1. The first-order valence-corrected chi connectivity index (χ1v) is 7.66. The van der Waals surface area contributed by atoms with Gasteiger partial charge in [0, 0.05) is 31.2 Å². The van der Waals surface area contributed by atoms with Gasteiger partial charge in [-0.1, -0.05) is 25.1 Å². The first-order valence-electron chi connectivity index (χ1n) is 7.66. The Morgan fingerprint density at radius 3 is 2.41 bits per heavy atom. The zero-order chi connectivity index (χ0) is 15.4. The van der Waals surface area contributed by atoms with E-state index in [2.05, 4.69) is 22.2 Å². The lowest BCUT2D eigenvalue weighted by molar-refractivity contribution is 0.0696. The van der Waals surface area contributed by atoms with Gasteiger partial charge >= 0.3 is 0 Å². The molecule has 2 aromatic rings. The number of likely N-dealkylation sites (tertiary alicyclic amines) is 1. The lowest BCUT2D eigenvalue weighted by Crippen LogP contribution is -2.38. The molecule has 1 N–H and O–H groups in total. The Bertz CT molecular complexity index is 619. The van der Waals surface area contributed by atoms with Crippen LogP contribution in [0.4, 0.5) is 11.6 Å². The van der Waals surface area contributed by atoms with E-state index in [1.807, 2.05) is 35.2 Å². The summed E-state index contributed by atoms with van der Waals surface area (Å²) in [5.74, 6) is 1.23. The predicted molar refractivity (Wildman–Crippen MR) is 86.1 cm³/mol. The minimum absolute atomic E-state index is 0.0261. The van der Waals surface area contributed by atoms with Gasteiger partial charge in [0.1, 0.15) is 0 Å². The van der Waals surface area contributed by atoms with E-state index in [0.29, 0.717) is 17.4 Å². The third-order valence-electron chi connectivity index (χ3n) is 4.00. The summed E-state index contributed by atoms with van der Waals surface area (Å²) in [6.45, 7) is 3.88. The van der Waals surface area contributed by atoms with Crippen LogP contribution in [-0.4, -0.2) is 33.9 Å². The van der Waals surface area contributed by atoms with Crippen LogP contribution < -0.4 is 5.32 Å². The molecular formula is C17H20N4O. The van der Waals surface area contributed by atoms with Gasteiger partial charge in [0.15, 0.2) is 0 Å². The van der Waals surface area contributed by atoms with Crippen molar-refractivity contribution in [1.82, 2.24) is 14.9 Å². The van der Waals surface area contributed by atoms with Crippen LogP contribution in [0.3, 0.4) is 0 Å². The van der Waals surface area contributed by atoms with Crippen LogP contribution in [0.15, 0.2) is 42.7 Å². The smallest absolute Gasteiger partial charge is 0.256 e. The molecule has 0 bridgehead atoms. The number of para-hydroxylation sites is 1. The fraction of sp³-hybridized carbons (Fsp3) is 0.353. The number of anilines is 2. The summed E-state index contributed by atoms with van der Waals surface area (Å²) in [5.41, 5.74) is 1.47. The van der Waals surface area contributed by atoms with Gasteiger partial charge in [-0.05, 0) is 30.9 Å². The Labute approximate surface area is 130 Å². The zero-order valence-corrected chi connectivity index (χ0v) is 12.7. The molecule has 5 nitrogen and oxygen atoms in total. The SMILES string of the molecule is CC1CCN(C(=O)c2cnc(Nc3ccccc3)nc2)CC1. The van der Waals surface area contributed by atoms with Crippen molar-refractivity contribution in [3.63, 3.8) is 0 Å². The fourth-order valence-corrected chi connectivity index (χ4v) is 2.55. The van der Waals surface area contributed by atoms with Gasteiger partial charge in [-0.2, -0.15) is 0 Å². The number of rotatable bonds is 3. The van der Waals surface area contributed by atoms with Crippen LogP contribution in [0.5, 0.6) is 0 Å². The quantitative estimate of drug-likeness (QED) is 0.945. The average molecular weight is 296 g/mol. The topological polar surface area (TPSA) is 58.1 Å². The standard InChI is InChI=1S/C17H20N4O/c1-13-7-9-21(10-8-13)16(22)14-11-18-17(19-12-14)20-15-5-3-2-4-6-15/h2-6,11-13H,7-10H2,1H3,(H,18,19,20). The maximum absolute atomic E-state index is 12.4. The highest BCUT2D eigenvalue weighted by Crippen LogP contribution is 2.18. The molecular weight excluding hydrogens is 276 g/mol. The van der Waals surface area contributed by atoms with Crippen LogP contribution in [0.25, 0.3) is 0 Å². The monoisotopic (exact) mass is 296 g/mol. The number of carbonyl (C=O) groups is 1. The number of hydrogen-bond acceptors (Lipinski definition) is 4. The molecule has 22 heavy (non-hydrogen) atoms. The summed E-state index contributed by atoms with van der Waals surface area (Å²) < 4.78 is 0. The van der Waals surface area contributed by atoms with Crippen molar-refractivity contribution in [2.24, 2.45) is 5.92 Å². The molecule has 0 spiro atoms. The third-order valence-corrected chi connectivity index (χ3v) is 4.00. The lowest BCUT2D eigenvalue weighted by Gasteiger charge is -2.30. The van der Waals surface area contributed by atoms with Crippen molar-refractivity contribution in [3.05, 3.63) is 48.3 Å². The summed E-state index contributed by atoms with van der Waals surface area (Å²) in [4.78, 5) is 22.8. The lowest BCUT2D eigenvalue weighted by atomic mass is 9.99. The van der Waals surface area contributed by atoms with Crippen LogP contribution >= 0.6 is 0 Å². The van der Waals surface area contributed by atoms with E-state index in [-0.39, 0.29) is 5.91 Å². The van der Waals surface area contributed by atoms with Crippen LogP contribution in [-0.2, 0) is 0 Å². The second-order valence-corrected chi connectivity index (χ2v) is 5.76. The second kappa shape index (κ2) is 6.56. The highest BCUT2D eigenvalue weighted by Gasteiger charge is 2.21. The third kappa shape index (κ3) is 3.42. The molecule has 1 fully saturated rings. The number of benzene rings is 1. The number of nitrogens with zero attached hydrogens (tertiary/aromatic N) is 3. The van der Waals surface area contributed by atoms with E-state index in [9.17, 15) is 4.79 Å². The van der Waals surface area contributed by atoms with Crippen molar-refractivity contribution < 1.29 is 4.79 Å². The van der Waals surface area contributed by atoms with Crippen molar-refractivity contribution in [3.8, 4) is 0 Å². The van der Waals surface area contributed by atoms with Crippen LogP contribution in [0.2, 0.25) is 0 Å². The average Bonchev–Trinajstić information content (AvgIpc) is 2.57. The van der Waals surface area contributed by atoms with Gasteiger partial charge in [-0.25, -0.2) is 9.97 Å². The Hall–Kier alpha value is -2.43. The molecule has 2 heterocycles. The molecule has 0 atom stereocenters. The molecule has 1 amide bonds. The van der Waals surface area contributed by atoms with Gasteiger partial charge < -0.3 is 10.2 Å². The molecule has 1 aromatic carbocycles. The van der Waals surface area contributed by atoms with Crippen molar-refractivity contribution >= 4 is 17.5 Å². The summed E-state index contributed by atoms with van der Waals surface area (Å²) in [7, 11) is 0. The molecule has 5 heteroatoms. The van der Waals surface area contributed by atoms with E-state index in [1.54, 1.807) is 12.4 Å². The van der Waals surface area contributed by atoms with Gasteiger partial charge in [0.05, 0.1) is 5.56 Å². The summed E-state index contributed by atoms with van der Waals surface area (Å²) in [5, 5.41) is 3.11. The number of piperidine rings is 1. The minimum Gasteiger partial charge on any atom is -0.339 e. The van der Waals surface area contributed by atoms with E-state index >= 15 is 0 Å². The summed E-state index contributed by atoms with van der Waals surface area (Å²) in [6.07, 6.45) is 5.33. The Morgan fingerprint density at radius 1 is 1.14 bits per heavy atom. The van der Waals surface area contributed by atoms with Crippen LogP contribution in [0.1, 0.15) is 30.1 Å². The molecule has 0 aliphatic carbocycles. The summed E-state index contributed by atoms with van der Waals surface area (Å²) >= 11 is 0. The molecule has 1 aliphatic rings. The zero-order valence-electron chi connectivity index (χ0n) is 12.7. The van der Waals surface area contributed by atoms with Gasteiger partial charge in [0.25, 0.3) is 5.91 Å². The molecule has 1 aliphatic heterocycles. The van der Waals surface area contributed by atoms with E-state index in [4.69, 9.17) is 0 Å². The van der Waals surface area contributed by atoms with E-state index < -0.39 is 0 Å². The fourth-order valence-electron chi connectivity index (χ4n) is 2.55. The molecule has 0 saturated carbocycles. The molecule has 114 valence electrons. The van der Waals surface area contributed by atoms with E-state index in [0.717, 1.165) is 31.6 Å². The maximum Gasteiger partial charge on any atom is 0.256 e. The molecule has 0 unspecified atom stereocenters.